The molecule has 7 heavy (non-hydrogen) atoms. The third kappa shape index (κ3) is 5.93. The summed E-state index contributed by atoms with van der Waals surface area (Å²) >= 11 is 0. The molecule has 0 saturated carbocycles. The van der Waals surface area contributed by atoms with Crippen molar-refractivity contribution in [1.29, 1.82) is 0 Å². The summed E-state index contributed by atoms with van der Waals surface area (Å²) < 4.78 is 10.3. The third-order valence-corrected chi connectivity index (χ3v) is 1.40. The van der Waals surface area contributed by atoms with Crippen LogP contribution < -0.4 is 0 Å². The van der Waals surface area contributed by atoms with Crippen molar-refractivity contribution >= 4 is 7.37 Å². The first-order valence-electron chi connectivity index (χ1n) is 1.96. The number of hydrogen-bond donors (Lipinski definition) is 1. The van der Waals surface area contributed by atoms with Crippen LogP contribution >= 0.6 is 7.37 Å². The fourth-order valence-electron chi connectivity index (χ4n) is 0.240. The predicted octanol–water partition coefficient (Wildman–Crippen LogP) is 1.07. The molecular formula is C4H9O2P. The zero-order valence-electron chi connectivity index (χ0n) is 4.29. The standard InChI is InChI=1S/C4H9O2P/c1-3-4-7(2,5)6/h3H,1,4H2,2H3,(H,5,6). The van der Waals surface area contributed by atoms with Crippen molar-refractivity contribution in [2.24, 2.45) is 0 Å². The minimum Gasteiger partial charge on any atom is -0.344 e. The van der Waals surface area contributed by atoms with E-state index in [1.54, 1.807) is 0 Å². The van der Waals surface area contributed by atoms with E-state index in [-0.39, 0.29) is 6.16 Å². The lowest BCUT2D eigenvalue weighted by Crippen LogP contribution is -1.77. The van der Waals surface area contributed by atoms with Crippen molar-refractivity contribution in [2.75, 3.05) is 12.8 Å². The van der Waals surface area contributed by atoms with Gasteiger partial charge in [-0.1, -0.05) is 6.08 Å². The van der Waals surface area contributed by atoms with E-state index in [0.29, 0.717) is 0 Å². The van der Waals surface area contributed by atoms with Crippen molar-refractivity contribution < 1.29 is 9.46 Å². The number of hydrogen-bond acceptors (Lipinski definition) is 1. The van der Waals surface area contributed by atoms with E-state index in [9.17, 15) is 4.57 Å². The van der Waals surface area contributed by atoms with E-state index in [0.717, 1.165) is 0 Å². The zero-order chi connectivity index (χ0) is 5.91. The molecule has 0 saturated heterocycles. The highest BCUT2D eigenvalue weighted by molar-refractivity contribution is 7.57. The monoisotopic (exact) mass is 120 g/mol. The Morgan fingerprint density at radius 1 is 2.00 bits per heavy atom. The highest BCUT2D eigenvalue weighted by atomic mass is 31.2. The summed E-state index contributed by atoms with van der Waals surface area (Å²) in [5.74, 6) is 0. The molecule has 1 unspecified atom stereocenters. The van der Waals surface area contributed by atoms with Crippen molar-refractivity contribution in [1.82, 2.24) is 0 Å². The van der Waals surface area contributed by atoms with E-state index in [2.05, 4.69) is 6.58 Å². The topological polar surface area (TPSA) is 37.3 Å². The maximum atomic E-state index is 10.3. The molecular weight excluding hydrogens is 111 g/mol. The first-order chi connectivity index (χ1) is 3.06. The van der Waals surface area contributed by atoms with Gasteiger partial charge in [-0.2, -0.15) is 0 Å². The van der Waals surface area contributed by atoms with Crippen molar-refractivity contribution in [3.63, 3.8) is 0 Å². The summed E-state index contributed by atoms with van der Waals surface area (Å²) in [4.78, 5) is 8.50. The number of rotatable bonds is 2. The van der Waals surface area contributed by atoms with Gasteiger partial charge in [0.1, 0.15) is 0 Å². The molecule has 42 valence electrons. The van der Waals surface area contributed by atoms with Gasteiger partial charge < -0.3 is 4.89 Å². The van der Waals surface area contributed by atoms with Gasteiger partial charge in [-0.05, 0) is 0 Å². The lowest BCUT2D eigenvalue weighted by Gasteiger charge is -1.95. The van der Waals surface area contributed by atoms with Crippen LogP contribution in [0.4, 0.5) is 0 Å². The minimum atomic E-state index is -2.78. The van der Waals surface area contributed by atoms with Crippen LogP contribution in [0.1, 0.15) is 0 Å². The molecule has 0 amide bonds. The van der Waals surface area contributed by atoms with Crippen LogP contribution in [-0.2, 0) is 4.57 Å². The quantitative estimate of drug-likeness (QED) is 0.437. The van der Waals surface area contributed by atoms with Gasteiger partial charge in [-0.15, -0.1) is 6.58 Å². The fourth-order valence-corrected chi connectivity index (χ4v) is 0.719. The lowest BCUT2D eigenvalue weighted by atomic mass is 10.8. The molecule has 1 atom stereocenters. The van der Waals surface area contributed by atoms with Crippen LogP contribution in [0.15, 0.2) is 12.7 Å². The highest BCUT2D eigenvalue weighted by Crippen LogP contribution is 2.34. The second-order valence-electron chi connectivity index (χ2n) is 1.52. The molecule has 0 radical (unpaired) electrons. The van der Waals surface area contributed by atoms with Crippen LogP contribution in [0.3, 0.4) is 0 Å². The van der Waals surface area contributed by atoms with E-state index in [1.807, 2.05) is 0 Å². The molecule has 0 aliphatic rings. The van der Waals surface area contributed by atoms with Gasteiger partial charge in [0.25, 0.3) is 0 Å². The molecule has 0 aromatic carbocycles. The average Bonchev–Trinajstić information content (AvgIpc) is 1.30. The molecule has 0 heterocycles. The third-order valence-electron chi connectivity index (χ3n) is 0.468. The van der Waals surface area contributed by atoms with E-state index in [4.69, 9.17) is 4.89 Å². The Morgan fingerprint density at radius 2 is 2.43 bits per heavy atom. The molecule has 0 aromatic heterocycles. The first-order valence-corrected chi connectivity index (χ1v) is 4.25. The van der Waals surface area contributed by atoms with Gasteiger partial charge in [-0.3, -0.25) is 4.57 Å². The SMILES string of the molecule is C=CCP(C)(=O)O. The molecule has 1 N–H and O–H groups in total. The molecule has 0 fully saturated rings. The normalized spacial score (nSPS) is 18.0. The first kappa shape index (κ1) is 6.93. The van der Waals surface area contributed by atoms with E-state index < -0.39 is 7.37 Å². The average molecular weight is 120 g/mol. The van der Waals surface area contributed by atoms with Crippen LogP contribution in [0, 0.1) is 0 Å². The summed E-state index contributed by atoms with van der Waals surface area (Å²) in [6.07, 6.45) is 1.66. The molecule has 3 heteroatoms. The van der Waals surface area contributed by atoms with Crippen molar-refractivity contribution in [3.05, 3.63) is 12.7 Å². The van der Waals surface area contributed by atoms with Gasteiger partial charge in [0.2, 0.25) is 7.37 Å². The summed E-state index contributed by atoms with van der Waals surface area (Å²) in [5, 5.41) is 0. The summed E-state index contributed by atoms with van der Waals surface area (Å²) in [7, 11) is -2.78. The molecule has 0 spiro atoms. The highest BCUT2D eigenvalue weighted by Gasteiger charge is 2.03. The lowest BCUT2D eigenvalue weighted by molar-refractivity contribution is 0.488. The van der Waals surface area contributed by atoms with Gasteiger partial charge in [0.05, 0.1) is 0 Å². The Hall–Kier alpha value is -0.0700. The maximum Gasteiger partial charge on any atom is 0.201 e. The Morgan fingerprint density at radius 3 is 2.43 bits per heavy atom. The fraction of sp³-hybridized carbons (Fsp3) is 0.500. The molecule has 0 aliphatic carbocycles. The molecule has 0 aliphatic heterocycles. The van der Waals surface area contributed by atoms with Crippen LogP contribution in [0.5, 0.6) is 0 Å². The van der Waals surface area contributed by atoms with Crippen molar-refractivity contribution in [2.45, 2.75) is 0 Å². The van der Waals surface area contributed by atoms with Gasteiger partial charge in [0.15, 0.2) is 0 Å². The van der Waals surface area contributed by atoms with Gasteiger partial charge in [-0.25, -0.2) is 0 Å². The Kier molecular flexibility index (Phi) is 2.27. The molecule has 0 rings (SSSR count). The number of allylic oxidation sites excluding steroid dienone is 1. The summed E-state index contributed by atoms with van der Waals surface area (Å²) in [5.41, 5.74) is 0. The second-order valence-corrected chi connectivity index (χ2v) is 3.99. The van der Waals surface area contributed by atoms with Crippen LogP contribution in [0.2, 0.25) is 0 Å². The molecule has 0 aromatic rings. The van der Waals surface area contributed by atoms with E-state index >= 15 is 0 Å². The van der Waals surface area contributed by atoms with Gasteiger partial charge >= 0.3 is 0 Å². The maximum absolute atomic E-state index is 10.3. The second kappa shape index (κ2) is 2.29. The zero-order valence-corrected chi connectivity index (χ0v) is 5.19. The molecule has 0 bridgehead atoms. The van der Waals surface area contributed by atoms with E-state index in [1.165, 1.54) is 12.7 Å². The van der Waals surface area contributed by atoms with Crippen LogP contribution in [0.25, 0.3) is 0 Å². The Labute approximate surface area is 43.3 Å². The predicted molar refractivity (Wildman–Crippen MR) is 30.8 cm³/mol. The van der Waals surface area contributed by atoms with Gasteiger partial charge in [0, 0.05) is 12.8 Å². The summed E-state index contributed by atoms with van der Waals surface area (Å²) in [6.45, 7) is 4.63. The molecule has 2 nitrogen and oxygen atoms in total. The smallest absolute Gasteiger partial charge is 0.201 e. The largest absolute Gasteiger partial charge is 0.344 e. The van der Waals surface area contributed by atoms with Crippen LogP contribution in [-0.4, -0.2) is 17.7 Å². The minimum absolute atomic E-state index is 0.215. The Balaban J connectivity index is 3.57. The Bertz CT molecular complexity index is 102. The van der Waals surface area contributed by atoms with Crippen molar-refractivity contribution in [3.8, 4) is 0 Å². The summed E-state index contributed by atoms with van der Waals surface area (Å²) in [6, 6.07) is 0.